The highest BCUT2D eigenvalue weighted by atomic mass is 16.4. The summed E-state index contributed by atoms with van der Waals surface area (Å²) < 4.78 is 0. The monoisotopic (exact) mass is 334 g/mol. The molecule has 0 radical (unpaired) electrons. The standard InChI is InChI=1S/C22H38O2/c1-2-5-18-8-12-20(13-9-18)16-17-21-14-10-19(11-15-21)6-3-4-7-22(23)24/h3,6,18-21H,2,4-5,7-17H2,1H3,(H,23,24). The van der Waals surface area contributed by atoms with Crippen molar-refractivity contribution in [1.82, 2.24) is 0 Å². The van der Waals surface area contributed by atoms with Gasteiger partial charge in [-0.05, 0) is 55.8 Å². The van der Waals surface area contributed by atoms with Gasteiger partial charge in [0.1, 0.15) is 0 Å². The molecule has 2 saturated carbocycles. The van der Waals surface area contributed by atoms with Crippen LogP contribution in [0.25, 0.3) is 0 Å². The Morgan fingerprint density at radius 1 is 0.875 bits per heavy atom. The molecule has 0 aliphatic heterocycles. The highest BCUT2D eigenvalue weighted by Crippen LogP contribution is 2.37. The van der Waals surface area contributed by atoms with Crippen molar-refractivity contribution < 1.29 is 9.90 Å². The van der Waals surface area contributed by atoms with Crippen LogP contribution in [0.2, 0.25) is 0 Å². The van der Waals surface area contributed by atoms with Crippen molar-refractivity contribution in [3.63, 3.8) is 0 Å². The molecule has 2 fully saturated rings. The zero-order valence-corrected chi connectivity index (χ0v) is 15.7. The molecule has 0 spiro atoms. The molecule has 0 bridgehead atoms. The summed E-state index contributed by atoms with van der Waals surface area (Å²) in [5.74, 6) is 3.04. The molecule has 0 heterocycles. The van der Waals surface area contributed by atoms with Crippen molar-refractivity contribution in [2.45, 2.75) is 96.8 Å². The highest BCUT2D eigenvalue weighted by Gasteiger charge is 2.23. The normalized spacial score (nSPS) is 31.4. The summed E-state index contributed by atoms with van der Waals surface area (Å²) in [6.07, 6.45) is 22.5. The van der Waals surface area contributed by atoms with Crippen molar-refractivity contribution in [3.05, 3.63) is 12.2 Å². The van der Waals surface area contributed by atoms with Gasteiger partial charge >= 0.3 is 5.97 Å². The zero-order chi connectivity index (χ0) is 17.2. The van der Waals surface area contributed by atoms with Crippen molar-refractivity contribution in [2.75, 3.05) is 0 Å². The number of carboxylic acid groups (broad SMARTS) is 1. The van der Waals surface area contributed by atoms with E-state index in [1.54, 1.807) is 0 Å². The van der Waals surface area contributed by atoms with Gasteiger partial charge in [0.25, 0.3) is 0 Å². The Labute approximate surface area is 149 Å². The molecule has 2 aliphatic rings. The van der Waals surface area contributed by atoms with Gasteiger partial charge in [0.05, 0.1) is 0 Å². The smallest absolute Gasteiger partial charge is 0.303 e. The SMILES string of the molecule is CCCC1CCC(CCC2CCC(C=CCCC(=O)O)CC2)CC1. The molecule has 138 valence electrons. The lowest BCUT2D eigenvalue weighted by atomic mass is 9.75. The minimum absolute atomic E-state index is 0.270. The van der Waals surface area contributed by atoms with Crippen molar-refractivity contribution in [1.29, 1.82) is 0 Å². The summed E-state index contributed by atoms with van der Waals surface area (Å²) in [6, 6.07) is 0. The molecule has 24 heavy (non-hydrogen) atoms. The van der Waals surface area contributed by atoms with E-state index >= 15 is 0 Å². The Hall–Kier alpha value is -0.790. The summed E-state index contributed by atoms with van der Waals surface area (Å²) in [5.41, 5.74) is 0. The number of hydrogen-bond donors (Lipinski definition) is 1. The molecule has 0 aromatic carbocycles. The average molecular weight is 335 g/mol. The third kappa shape index (κ3) is 7.40. The molecule has 0 aromatic heterocycles. The lowest BCUT2D eigenvalue weighted by molar-refractivity contribution is -0.136. The van der Waals surface area contributed by atoms with E-state index < -0.39 is 5.97 Å². The second kappa shape index (κ2) is 10.9. The first-order valence-electron chi connectivity index (χ1n) is 10.6. The lowest BCUT2D eigenvalue weighted by Gasteiger charge is -2.31. The fourth-order valence-corrected chi connectivity index (χ4v) is 4.85. The van der Waals surface area contributed by atoms with Crippen LogP contribution < -0.4 is 0 Å². The number of aliphatic carboxylic acids is 1. The van der Waals surface area contributed by atoms with Gasteiger partial charge in [0.15, 0.2) is 0 Å². The van der Waals surface area contributed by atoms with E-state index in [1.807, 2.05) is 0 Å². The second-order valence-corrected chi connectivity index (χ2v) is 8.39. The lowest BCUT2D eigenvalue weighted by Crippen LogP contribution is -2.17. The maximum atomic E-state index is 10.5. The average Bonchev–Trinajstić information content (AvgIpc) is 2.59. The van der Waals surface area contributed by atoms with Gasteiger partial charge in [-0.15, -0.1) is 0 Å². The van der Waals surface area contributed by atoms with Crippen LogP contribution in [0.15, 0.2) is 12.2 Å². The molecule has 0 aromatic rings. The molecule has 2 aliphatic carbocycles. The van der Waals surface area contributed by atoms with E-state index in [4.69, 9.17) is 5.11 Å². The Bertz CT molecular complexity index is 371. The van der Waals surface area contributed by atoms with Crippen LogP contribution >= 0.6 is 0 Å². The number of hydrogen-bond acceptors (Lipinski definition) is 1. The van der Waals surface area contributed by atoms with E-state index in [1.165, 1.54) is 77.0 Å². The topological polar surface area (TPSA) is 37.3 Å². The van der Waals surface area contributed by atoms with E-state index in [-0.39, 0.29) is 6.42 Å². The first-order chi connectivity index (χ1) is 11.7. The minimum Gasteiger partial charge on any atom is -0.481 e. The van der Waals surface area contributed by atoms with E-state index in [0.717, 1.165) is 17.8 Å². The first-order valence-corrected chi connectivity index (χ1v) is 10.6. The van der Waals surface area contributed by atoms with Crippen molar-refractivity contribution in [3.8, 4) is 0 Å². The molecule has 2 rings (SSSR count). The third-order valence-electron chi connectivity index (χ3n) is 6.47. The number of carboxylic acids is 1. The summed E-state index contributed by atoms with van der Waals surface area (Å²) in [6.45, 7) is 2.32. The van der Waals surface area contributed by atoms with Gasteiger partial charge in [0.2, 0.25) is 0 Å². The summed E-state index contributed by atoms with van der Waals surface area (Å²) in [7, 11) is 0. The Balaban J connectivity index is 1.54. The molecule has 0 atom stereocenters. The predicted molar refractivity (Wildman–Crippen MR) is 101 cm³/mol. The maximum Gasteiger partial charge on any atom is 0.303 e. The Morgan fingerprint density at radius 3 is 1.88 bits per heavy atom. The van der Waals surface area contributed by atoms with Crippen molar-refractivity contribution in [2.24, 2.45) is 23.7 Å². The Kier molecular flexibility index (Phi) is 8.91. The maximum absolute atomic E-state index is 10.5. The van der Waals surface area contributed by atoms with Crippen LogP contribution in [0.4, 0.5) is 0 Å². The highest BCUT2D eigenvalue weighted by molar-refractivity contribution is 5.66. The quantitative estimate of drug-likeness (QED) is 0.482. The van der Waals surface area contributed by atoms with Gasteiger partial charge in [0, 0.05) is 6.42 Å². The van der Waals surface area contributed by atoms with Crippen LogP contribution in [0.3, 0.4) is 0 Å². The van der Waals surface area contributed by atoms with Gasteiger partial charge in [-0.2, -0.15) is 0 Å². The van der Waals surface area contributed by atoms with Gasteiger partial charge in [-0.25, -0.2) is 0 Å². The molecule has 0 amide bonds. The number of allylic oxidation sites excluding steroid dienone is 2. The Morgan fingerprint density at radius 2 is 1.38 bits per heavy atom. The molecular formula is C22H38O2. The summed E-state index contributed by atoms with van der Waals surface area (Å²) >= 11 is 0. The third-order valence-corrected chi connectivity index (χ3v) is 6.47. The van der Waals surface area contributed by atoms with Crippen LogP contribution in [0.5, 0.6) is 0 Å². The van der Waals surface area contributed by atoms with E-state index in [9.17, 15) is 4.79 Å². The fourth-order valence-electron chi connectivity index (χ4n) is 4.85. The van der Waals surface area contributed by atoms with Crippen LogP contribution in [0, 0.1) is 23.7 Å². The van der Waals surface area contributed by atoms with E-state index in [0.29, 0.717) is 12.3 Å². The largest absolute Gasteiger partial charge is 0.481 e. The number of rotatable bonds is 9. The molecule has 2 nitrogen and oxygen atoms in total. The van der Waals surface area contributed by atoms with Crippen LogP contribution in [0.1, 0.15) is 96.8 Å². The predicted octanol–water partition coefficient (Wildman–Crippen LogP) is 6.60. The van der Waals surface area contributed by atoms with Crippen LogP contribution in [-0.4, -0.2) is 11.1 Å². The second-order valence-electron chi connectivity index (χ2n) is 8.39. The van der Waals surface area contributed by atoms with Crippen LogP contribution in [-0.2, 0) is 4.79 Å². The molecule has 2 heteroatoms. The van der Waals surface area contributed by atoms with E-state index in [2.05, 4.69) is 19.1 Å². The molecule has 0 unspecified atom stereocenters. The molecule has 1 N–H and O–H groups in total. The zero-order valence-electron chi connectivity index (χ0n) is 15.7. The van der Waals surface area contributed by atoms with Crippen molar-refractivity contribution >= 4 is 5.97 Å². The van der Waals surface area contributed by atoms with Gasteiger partial charge < -0.3 is 5.11 Å². The summed E-state index contributed by atoms with van der Waals surface area (Å²) in [4.78, 5) is 10.5. The number of carbonyl (C=O) groups is 1. The minimum atomic E-state index is -0.688. The van der Waals surface area contributed by atoms with Gasteiger partial charge in [-0.1, -0.05) is 70.4 Å². The first kappa shape index (κ1) is 19.5. The molecular weight excluding hydrogens is 296 g/mol. The van der Waals surface area contributed by atoms with Gasteiger partial charge in [-0.3, -0.25) is 4.79 Å². The fraction of sp³-hybridized carbons (Fsp3) is 0.864. The molecule has 0 saturated heterocycles. The summed E-state index contributed by atoms with van der Waals surface area (Å²) in [5, 5.41) is 8.66.